The highest BCUT2D eigenvalue weighted by Gasteiger charge is 2.33. The molecule has 3 heteroatoms. The Morgan fingerprint density at radius 1 is 1.47 bits per heavy atom. The number of rotatable bonds is 5. The number of likely N-dealkylation sites (N-methyl/N-ethyl adjacent to an activating group) is 1. The van der Waals surface area contributed by atoms with Crippen molar-refractivity contribution in [3.8, 4) is 0 Å². The molecule has 0 aromatic carbocycles. The minimum Gasteiger partial charge on any atom is -0.377 e. The molecule has 15 heavy (non-hydrogen) atoms. The van der Waals surface area contributed by atoms with Crippen LogP contribution in [0.3, 0.4) is 0 Å². The number of aliphatic hydroxyl groups is 1. The van der Waals surface area contributed by atoms with Crippen molar-refractivity contribution in [2.75, 3.05) is 13.6 Å². The van der Waals surface area contributed by atoms with Gasteiger partial charge in [0.2, 0.25) is 0 Å². The fraction of sp³-hybridized carbons (Fsp3) is 1.00. The molecular weight excluding hydrogens is 188 g/mol. The van der Waals surface area contributed by atoms with E-state index in [4.69, 9.17) is 0 Å². The summed E-state index contributed by atoms with van der Waals surface area (Å²) in [5.41, 5.74) is 0. The monoisotopic (exact) mass is 214 g/mol. The summed E-state index contributed by atoms with van der Waals surface area (Å²) in [6.07, 6.45) is 3.28. The Bertz CT molecular complexity index is 184. The molecule has 3 atom stereocenters. The van der Waals surface area contributed by atoms with Crippen LogP contribution in [0.5, 0.6) is 0 Å². The van der Waals surface area contributed by atoms with Crippen LogP contribution in [0.1, 0.15) is 40.0 Å². The van der Waals surface area contributed by atoms with Gasteiger partial charge in [-0.25, -0.2) is 0 Å². The van der Waals surface area contributed by atoms with Crippen molar-refractivity contribution in [2.24, 2.45) is 5.92 Å². The molecule has 0 saturated carbocycles. The van der Waals surface area contributed by atoms with Gasteiger partial charge in [-0.1, -0.05) is 20.8 Å². The summed E-state index contributed by atoms with van der Waals surface area (Å²) >= 11 is 0. The van der Waals surface area contributed by atoms with Crippen LogP contribution in [0.15, 0.2) is 0 Å². The normalized spacial score (nSPS) is 27.2. The van der Waals surface area contributed by atoms with Crippen LogP contribution in [-0.4, -0.2) is 41.9 Å². The van der Waals surface area contributed by atoms with E-state index < -0.39 is 0 Å². The summed E-state index contributed by atoms with van der Waals surface area (Å²) in [7, 11) is 1.94. The van der Waals surface area contributed by atoms with Crippen molar-refractivity contribution in [3.05, 3.63) is 0 Å². The molecule has 0 aliphatic carbocycles. The highest BCUT2D eigenvalue weighted by atomic mass is 16.3. The molecule has 2 N–H and O–H groups in total. The van der Waals surface area contributed by atoms with Gasteiger partial charge in [0.15, 0.2) is 0 Å². The van der Waals surface area contributed by atoms with Gasteiger partial charge < -0.3 is 10.4 Å². The third-order valence-electron chi connectivity index (χ3n) is 3.61. The molecule has 1 aliphatic rings. The lowest BCUT2D eigenvalue weighted by atomic mass is 10.0. The maximum Gasteiger partial charge on any atom is 0.123 e. The van der Waals surface area contributed by atoms with Crippen LogP contribution in [0.25, 0.3) is 0 Å². The second-order valence-electron chi connectivity index (χ2n) is 4.91. The zero-order valence-corrected chi connectivity index (χ0v) is 10.5. The van der Waals surface area contributed by atoms with Crippen molar-refractivity contribution >= 4 is 0 Å². The molecule has 1 aliphatic heterocycles. The number of nitrogens with one attached hydrogen (secondary N) is 1. The molecule has 0 spiro atoms. The molecule has 0 aromatic heterocycles. The zero-order chi connectivity index (χ0) is 11.4. The Hall–Kier alpha value is -0.120. The lowest BCUT2D eigenvalue weighted by Gasteiger charge is -2.36. The Morgan fingerprint density at radius 2 is 2.13 bits per heavy atom. The van der Waals surface area contributed by atoms with Crippen LogP contribution in [0, 0.1) is 5.92 Å². The zero-order valence-electron chi connectivity index (χ0n) is 10.5. The van der Waals surface area contributed by atoms with E-state index in [1.165, 1.54) is 12.8 Å². The van der Waals surface area contributed by atoms with Crippen molar-refractivity contribution in [1.82, 2.24) is 10.2 Å². The summed E-state index contributed by atoms with van der Waals surface area (Å²) in [4.78, 5) is 2.27. The van der Waals surface area contributed by atoms with Gasteiger partial charge in [0.25, 0.3) is 0 Å². The highest BCUT2D eigenvalue weighted by Crippen LogP contribution is 2.24. The van der Waals surface area contributed by atoms with Crippen molar-refractivity contribution in [1.29, 1.82) is 0 Å². The fourth-order valence-corrected chi connectivity index (χ4v) is 2.68. The van der Waals surface area contributed by atoms with Gasteiger partial charge in [-0.2, -0.15) is 0 Å². The number of aliphatic hydroxyl groups excluding tert-OH is 1. The van der Waals surface area contributed by atoms with Crippen molar-refractivity contribution in [2.45, 2.75) is 58.3 Å². The van der Waals surface area contributed by atoms with Crippen LogP contribution in [0.4, 0.5) is 0 Å². The third kappa shape index (κ3) is 2.92. The number of nitrogens with zero attached hydrogens (tertiary/aromatic N) is 1. The number of likely N-dealkylation sites (tertiary alicyclic amines) is 1. The molecule has 1 fully saturated rings. The van der Waals surface area contributed by atoms with E-state index in [-0.39, 0.29) is 12.3 Å². The van der Waals surface area contributed by atoms with E-state index in [0.29, 0.717) is 12.0 Å². The molecule has 0 aromatic rings. The SMILES string of the molecule is CCC1CCCN1C(O)C(NC)C(C)C. The molecule has 0 amide bonds. The number of hydrogen-bond acceptors (Lipinski definition) is 3. The Kier molecular flexibility index (Phi) is 5.03. The lowest BCUT2D eigenvalue weighted by molar-refractivity contribution is -0.0416. The van der Waals surface area contributed by atoms with E-state index in [1.54, 1.807) is 0 Å². The maximum atomic E-state index is 10.3. The summed E-state index contributed by atoms with van der Waals surface area (Å²) < 4.78 is 0. The molecule has 1 heterocycles. The summed E-state index contributed by atoms with van der Waals surface area (Å²) in [5, 5.41) is 13.6. The van der Waals surface area contributed by atoms with Crippen LogP contribution in [-0.2, 0) is 0 Å². The fourth-order valence-electron chi connectivity index (χ4n) is 2.68. The second kappa shape index (κ2) is 5.83. The molecule has 90 valence electrons. The predicted octanol–water partition coefficient (Wildman–Crippen LogP) is 1.42. The maximum absolute atomic E-state index is 10.3. The Morgan fingerprint density at radius 3 is 2.60 bits per heavy atom. The smallest absolute Gasteiger partial charge is 0.123 e. The average molecular weight is 214 g/mol. The molecule has 1 saturated heterocycles. The van der Waals surface area contributed by atoms with Gasteiger partial charge in [0, 0.05) is 18.6 Å². The first-order chi connectivity index (χ1) is 7.11. The minimum absolute atomic E-state index is 0.178. The van der Waals surface area contributed by atoms with E-state index in [1.807, 2.05) is 7.05 Å². The van der Waals surface area contributed by atoms with Gasteiger partial charge >= 0.3 is 0 Å². The standard InChI is InChI=1S/C12H26N2O/c1-5-10-7-6-8-14(10)12(15)11(13-4)9(2)3/h9-13,15H,5-8H2,1-4H3. The van der Waals surface area contributed by atoms with Gasteiger partial charge in [0.1, 0.15) is 6.23 Å². The molecule has 3 nitrogen and oxygen atoms in total. The number of hydrogen-bond donors (Lipinski definition) is 2. The highest BCUT2D eigenvalue weighted by molar-refractivity contribution is 4.86. The van der Waals surface area contributed by atoms with Gasteiger partial charge in [-0.05, 0) is 32.2 Å². The summed E-state index contributed by atoms with van der Waals surface area (Å²) in [5.74, 6) is 0.461. The third-order valence-corrected chi connectivity index (χ3v) is 3.61. The van der Waals surface area contributed by atoms with Crippen LogP contribution >= 0.6 is 0 Å². The van der Waals surface area contributed by atoms with Crippen molar-refractivity contribution < 1.29 is 5.11 Å². The van der Waals surface area contributed by atoms with E-state index in [9.17, 15) is 5.11 Å². The van der Waals surface area contributed by atoms with Gasteiger partial charge in [-0.15, -0.1) is 0 Å². The summed E-state index contributed by atoms with van der Waals surface area (Å²) in [6.45, 7) is 7.56. The molecule has 0 radical (unpaired) electrons. The van der Waals surface area contributed by atoms with Crippen LogP contribution < -0.4 is 5.32 Å². The van der Waals surface area contributed by atoms with E-state index >= 15 is 0 Å². The van der Waals surface area contributed by atoms with E-state index in [0.717, 1.165) is 13.0 Å². The molecular formula is C12H26N2O. The predicted molar refractivity (Wildman–Crippen MR) is 63.7 cm³/mol. The molecule has 0 bridgehead atoms. The Labute approximate surface area is 93.9 Å². The Balaban J connectivity index is 2.60. The average Bonchev–Trinajstić information content (AvgIpc) is 2.65. The summed E-state index contributed by atoms with van der Waals surface area (Å²) in [6, 6.07) is 0.756. The van der Waals surface area contributed by atoms with Gasteiger partial charge in [-0.3, -0.25) is 4.90 Å². The second-order valence-corrected chi connectivity index (χ2v) is 4.91. The quantitative estimate of drug-likeness (QED) is 0.726. The minimum atomic E-state index is -0.331. The van der Waals surface area contributed by atoms with E-state index in [2.05, 4.69) is 31.0 Å². The first-order valence-electron chi connectivity index (χ1n) is 6.22. The van der Waals surface area contributed by atoms with Crippen molar-refractivity contribution in [3.63, 3.8) is 0 Å². The molecule has 3 unspecified atom stereocenters. The molecule has 1 rings (SSSR count). The van der Waals surface area contributed by atoms with Gasteiger partial charge in [0.05, 0.1) is 0 Å². The lowest BCUT2D eigenvalue weighted by Crippen LogP contribution is -2.53. The largest absolute Gasteiger partial charge is 0.377 e. The van der Waals surface area contributed by atoms with Crippen LogP contribution in [0.2, 0.25) is 0 Å². The first-order valence-corrected chi connectivity index (χ1v) is 6.22. The topological polar surface area (TPSA) is 35.5 Å². The first kappa shape index (κ1) is 12.9.